The summed E-state index contributed by atoms with van der Waals surface area (Å²) >= 11 is 0. The summed E-state index contributed by atoms with van der Waals surface area (Å²) in [5.74, 6) is 0.334. The van der Waals surface area contributed by atoms with E-state index in [1.165, 1.54) is 6.07 Å². The van der Waals surface area contributed by atoms with Crippen molar-refractivity contribution in [1.29, 1.82) is 0 Å². The molecule has 0 amide bonds. The number of nitrogens with two attached hydrogens (primary N) is 1. The molecule has 0 saturated carbocycles. The highest BCUT2D eigenvalue weighted by molar-refractivity contribution is 5.66. The van der Waals surface area contributed by atoms with Crippen molar-refractivity contribution in [2.45, 2.75) is 6.92 Å². The Balaban J connectivity index is 2.37. The SMILES string of the molecule is Cc1nc(N(C)CCN)ncc1-c1ccccc1F. The maximum atomic E-state index is 13.8. The zero-order valence-corrected chi connectivity index (χ0v) is 11.1. The Morgan fingerprint density at radius 3 is 2.63 bits per heavy atom. The van der Waals surface area contributed by atoms with Crippen LogP contribution in [-0.2, 0) is 0 Å². The number of halogens is 1. The molecular weight excluding hydrogens is 243 g/mol. The standard InChI is InChI=1S/C14H17FN4/c1-10-12(11-5-3-4-6-13(11)15)9-17-14(18-10)19(2)8-7-16/h3-6,9H,7-8,16H2,1-2H3. The molecule has 0 aliphatic carbocycles. The second-order valence-corrected chi connectivity index (χ2v) is 4.36. The quantitative estimate of drug-likeness (QED) is 0.913. The largest absolute Gasteiger partial charge is 0.343 e. The van der Waals surface area contributed by atoms with Crippen molar-refractivity contribution >= 4 is 5.95 Å². The van der Waals surface area contributed by atoms with E-state index in [-0.39, 0.29) is 5.82 Å². The van der Waals surface area contributed by atoms with Gasteiger partial charge in [0.25, 0.3) is 0 Å². The normalized spacial score (nSPS) is 10.5. The Kier molecular flexibility index (Phi) is 4.06. The van der Waals surface area contributed by atoms with Crippen LogP contribution in [0.15, 0.2) is 30.5 Å². The Hall–Kier alpha value is -2.01. The van der Waals surface area contributed by atoms with Gasteiger partial charge in [-0.05, 0) is 13.0 Å². The lowest BCUT2D eigenvalue weighted by Gasteiger charge is -2.17. The Morgan fingerprint density at radius 2 is 2.00 bits per heavy atom. The van der Waals surface area contributed by atoms with Gasteiger partial charge in [0, 0.05) is 37.5 Å². The van der Waals surface area contributed by atoms with E-state index in [0.717, 1.165) is 5.69 Å². The lowest BCUT2D eigenvalue weighted by Crippen LogP contribution is -2.26. The number of likely N-dealkylation sites (N-methyl/N-ethyl adjacent to an activating group) is 1. The van der Waals surface area contributed by atoms with Gasteiger partial charge in [0.2, 0.25) is 5.95 Å². The average Bonchev–Trinajstić information content (AvgIpc) is 2.40. The van der Waals surface area contributed by atoms with Crippen LogP contribution in [0, 0.1) is 12.7 Å². The summed E-state index contributed by atoms with van der Waals surface area (Å²) in [7, 11) is 1.88. The minimum absolute atomic E-state index is 0.266. The molecule has 1 heterocycles. The molecule has 0 aliphatic heterocycles. The molecule has 0 bridgehead atoms. The first-order chi connectivity index (χ1) is 9.13. The molecule has 1 aromatic carbocycles. The third kappa shape index (κ3) is 2.88. The number of anilines is 1. The van der Waals surface area contributed by atoms with Gasteiger partial charge in [-0.2, -0.15) is 0 Å². The molecular formula is C14H17FN4. The van der Waals surface area contributed by atoms with Gasteiger partial charge in [-0.25, -0.2) is 14.4 Å². The minimum Gasteiger partial charge on any atom is -0.343 e. The van der Waals surface area contributed by atoms with E-state index in [1.54, 1.807) is 24.4 Å². The summed E-state index contributed by atoms with van der Waals surface area (Å²) in [6.07, 6.45) is 1.66. The van der Waals surface area contributed by atoms with Crippen LogP contribution in [0.3, 0.4) is 0 Å². The molecule has 2 rings (SSSR count). The van der Waals surface area contributed by atoms with Gasteiger partial charge in [0.05, 0.1) is 5.69 Å². The predicted octanol–water partition coefficient (Wildman–Crippen LogP) is 1.99. The van der Waals surface area contributed by atoms with Crippen molar-refractivity contribution in [3.63, 3.8) is 0 Å². The summed E-state index contributed by atoms with van der Waals surface area (Å²) in [5.41, 5.74) is 7.48. The number of hydrogen-bond acceptors (Lipinski definition) is 4. The summed E-state index contributed by atoms with van der Waals surface area (Å²) < 4.78 is 13.8. The van der Waals surface area contributed by atoms with Crippen LogP contribution >= 0.6 is 0 Å². The second-order valence-electron chi connectivity index (χ2n) is 4.36. The van der Waals surface area contributed by atoms with Crippen LogP contribution in [0.4, 0.5) is 10.3 Å². The topological polar surface area (TPSA) is 55.0 Å². The van der Waals surface area contributed by atoms with E-state index >= 15 is 0 Å². The molecule has 0 unspecified atom stereocenters. The fourth-order valence-electron chi connectivity index (χ4n) is 1.88. The Bertz CT molecular complexity index is 571. The third-order valence-electron chi connectivity index (χ3n) is 2.94. The molecule has 0 saturated heterocycles. The van der Waals surface area contributed by atoms with Crippen LogP contribution in [0.2, 0.25) is 0 Å². The molecule has 1 aromatic heterocycles. The van der Waals surface area contributed by atoms with Gasteiger partial charge in [0.15, 0.2) is 0 Å². The maximum Gasteiger partial charge on any atom is 0.225 e. The lowest BCUT2D eigenvalue weighted by molar-refractivity contribution is 0.631. The van der Waals surface area contributed by atoms with Crippen LogP contribution in [-0.4, -0.2) is 30.1 Å². The molecule has 2 aromatic rings. The number of aryl methyl sites for hydroxylation is 1. The van der Waals surface area contributed by atoms with Crippen molar-refractivity contribution in [3.8, 4) is 11.1 Å². The molecule has 0 spiro atoms. The van der Waals surface area contributed by atoms with E-state index in [9.17, 15) is 4.39 Å². The molecule has 5 heteroatoms. The highest BCUT2D eigenvalue weighted by atomic mass is 19.1. The fraction of sp³-hybridized carbons (Fsp3) is 0.286. The Labute approximate surface area is 112 Å². The summed E-state index contributed by atoms with van der Waals surface area (Å²) in [4.78, 5) is 10.5. The van der Waals surface area contributed by atoms with Crippen molar-refractivity contribution in [2.75, 3.05) is 25.0 Å². The number of nitrogens with zero attached hydrogens (tertiary/aromatic N) is 3. The van der Waals surface area contributed by atoms with Gasteiger partial charge in [0.1, 0.15) is 5.82 Å². The van der Waals surface area contributed by atoms with Gasteiger partial charge in [-0.15, -0.1) is 0 Å². The molecule has 100 valence electrons. The highest BCUT2D eigenvalue weighted by Crippen LogP contribution is 2.25. The van der Waals surface area contributed by atoms with Gasteiger partial charge in [-0.1, -0.05) is 18.2 Å². The Morgan fingerprint density at radius 1 is 1.26 bits per heavy atom. The maximum absolute atomic E-state index is 13.8. The zero-order chi connectivity index (χ0) is 13.8. The molecule has 0 radical (unpaired) electrons. The minimum atomic E-state index is -0.266. The molecule has 19 heavy (non-hydrogen) atoms. The van der Waals surface area contributed by atoms with Crippen molar-refractivity contribution in [3.05, 3.63) is 42.0 Å². The van der Waals surface area contributed by atoms with Crippen molar-refractivity contribution < 1.29 is 4.39 Å². The number of aromatic nitrogens is 2. The van der Waals surface area contributed by atoms with Crippen molar-refractivity contribution in [2.24, 2.45) is 5.73 Å². The highest BCUT2D eigenvalue weighted by Gasteiger charge is 2.11. The monoisotopic (exact) mass is 260 g/mol. The zero-order valence-electron chi connectivity index (χ0n) is 11.1. The average molecular weight is 260 g/mol. The second kappa shape index (κ2) is 5.75. The third-order valence-corrected chi connectivity index (χ3v) is 2.94. The molecule has 0 fully saturated rings. The molecule has 2 N–H and O–H groups in total. The molecule has 4 nitrogen and oxygen atoms in total. The first kappa shape index (κ1) is 13.4. The van der Waals surface area contributed by atoms with Gasteiger partial charge < -0.3 is 10.6 Å². The number of benzene rings is 1. The van der Waals surface area contributed by atoms with Crippen LogP contribution in [0.5, 0.6) is 0 Å². The predicted molar refractivity (Wildman–Crippen MR) is 74.5 cm³/mol. The summed E-state index contributed by atoms with van der Waals surface area (Å²) in [6, 6.07) is 6.62. The van der Waals surface area contributed by atoms with E-state index in [4.69, 9.17) is 5.73 Å². The smallest absolute Gasteiger partial charge is 0.225 e. The number of rotatable bonds is 4. The van der Waals surface area contributed by atoms with Crippen LogP contribution < -0.4 is 10.6 Å². The summed E-state index contributed by atoms with van der Waals surface area (Å²) in [5, 5.41) is 0. The van der Waals surface area contributed by atoms with Crippen LogP contribution in [0.1, 0.15) is 5.69 Å². The number of hydrogen-bond donors (Lipinski definition) is 1. The van der Waals surface area contributed by atoms with Crippen LogP contribution in [0.25, 0.3) is 11.1 Å². The van der Waals surface area contributed by atoms with Gasteiger partial charge >= 0.3 is 0 Å². The van der Waals surface area contributed by atoms with Gasteiger partial charge in [-0.3, -0.25) is 0 Å². The first-order valence-electron chi connectivity index (χ1n) is 6.13. The lowest BCUT2D eigenvalue weighted by atomic mass is 10.1. The molecule has 0 atom stereocenters. The fourth-order valence-corrected chi connectivity index (χ4v) is 1.88. The van der Waals surface area contributed by atoms with E-state index in [0.29, 0.717) is 30.2 Å². The van der Waals surface area contributed by atoms with E-state index < -0.39 is 0 Å². The summed E-state index contributed by atoms with van der Waals surface area (Å²) in [6.45, 7) is 3.07. The molecule has 0 aliphatic rings. The van der Waals surface area contributed by atoms with E-state index in [1.807, 2.05) is 18.9 Å². The van der Waals surface area contributed by atoms with Crippen molar-refractivity contribution in [1.82, 2.24) is 9.97 Å². The first-order valence-corrected chi connectivity index (χ1v) is 6.13. The van der Waals surface area contributed by atoms with E-state index in [2.05, 4.69) is 9.97 Å².